The number of hydrogen-bond donors (Lipinski definition) is 0. The lowest BCUT2D eigenvalue weighted by atomic mass is 10.3. The van der Waals surface area contributed by atoms with Gasteiger partial charge in [0.15, 0.2) is 5.78 Å². The van der Waals surface area contributed by atoms with E-state index in [0.717, 1.165) is 18.8 Å². The first-order chi connectivity index (χ1) is 8.27. The first-order valence-corrected chi connectivity index (χ1v) is 5.86. The van der Waals surface area contributed by atoms with Gasteiger partial charge in [0.1, 0.15) is 12.4 Å². The minimum absolute atomic E-state index is 0.0460. The average molecular weight is 240 g/mol. The highest BCUT2D eigenvalue weighted by Crippen LogP contribution is 2.01. The van der Waals surface area contributed by atoms with Crippen molar-refractivity contribution in [3.63, 3.8) is 0 Å². The molecule has 0 atom stereocenters. The molecule has 0 N–H and O–H groups in total. The molecular weight excluding hydrogens is 220 g/mol. The maximum Gasteiger partial charge on any atom is 0.165 e. The average Bonchev–Trinajstić information content (AvgIpc) is 2.73. The van der Waals surface area contributed by atoms with E-state index >= 15 is 0 Å². The Morgan fingerprint density at radius 1 is 1.47 bits per heavy atom. The monoisotopic (exact) mass is 240 g/mol. The first-order valence-electron chi connectivity index (χ1n) is 5.86. The fraction of sp³-hybridized carbons (Fsp3) is 0.667. The Hall–Kier alpha value is -1.20. The van der Waals surface area contributed by atoms with Crippen molar-refractivity contribution in [2.75, 3.05) is 26.9 Å². The standard InChI is InChI=1S/C12H20N2O3/c1-3-5-14-6-4-13-12(14)9-11(15)10-17-8-7-16-2/h4,6H,3,5,7-10H2,1-2H3. The smallest absolute Gasteiger partial charge is 0.165 e. The van der Waals surface area contributed by atoms with Gasteiger partial charge in [-0.1, -0.05) is 6.92 Å². The van der Waals surface area contributed by atoms with Crippen molar-refractivity contribution in [1.29, 1.82) is 0 Å². The van der Waals surface area contributed by atoms with E-state index in [-0.39, 0.29) is 12.4 Å². The Balaban J connectivity index is 2.31. The lowest BCUT2D eigenvalue weighted by Crippen LogP contribution is -2.16. The van der Waals surface area contributed by atoms with Crippen LogP contribution in [0.5, 0.6) is 0 Å². The first kappa shape index (κ1) is 13.9. The molecule has 1 aromatic rings. The normalized spacial score (nSPS) is 10.7. The molecule has 0 radical (unpaired) electrons. The Morgan fingerprint density at radius 3 is 3.00 bits per heavy atom. The lowest BCUT2D eigenvalue weighted by molar-refractivity contribution is -0.123. The highest BCUT2D eigenvalue weighted by atomic mass is 16.5. The molecule has 0 bridgehead atoms. The van der Waals surface area contributed by atoms with E-state index in [9.17, 15) is 4.79 Å². The summed E-state index contributed by atoms with van der Waals surface area (Å²) < 4.78 is 12.0. The minimum Gasteiger partial charge on any atom is -0.382 e. The predicted octanol–water partition coefficient (Wildman–Crippen LogP) is 1.07. The SMILES string of the molecule is CCCn1ccnc1CC(=O)COCCOC. The summed E-state index contributed by atoms with van der Waals surface area (Å²) in [5, 5.41) is 0. The number of nitrogens with zero attached hydrogens (tertiary/aromatic N) is 2. The number of aromatic nitrogens is 2. The molecule has 0 aliphatic rings. The molecule has 17 heavy (non-hydrogen) atoms. The van der Waals surface area contributed by atoms with Crippen molar-refractivity contribution >= 4 is 5.78 Å². The van der Waals surface area contributed by atoms with E-state index in [2.05, 4.69) is 11.9 Å². The lowest BCUT2D eigenvalue weighted by Gasteiger charge is -2.06. The van der Waals surface area contributed by atoms with Gasteiger partial charge in [-0.15, -0.1) is 0 Å². The van der Waals surface area contributed by atoms with Crippen LogP contribution in [0.25, 0.3) is 0 Å². The topological polar surface area (TPSA) is 53.4 Å². The minimum atomic E-state index is 0.0460. The second-order valence-corrected chi connectivity index (χ2v) is 3.80. The summed E-state index contributed by atoms with van der Waals surface area (Å²) in [6.45, 7) is 4.08. The van der Waals surface area contributed by atoms with E-state index in [1.54, 1.807) is 13.3 Å². The number of hydrogen-bond acceptors (Lipinski definition) is 4. The summed E-state index contributed by atoms with van der Waals surface area (Å²) in [5.74, 6) is 0.858. The molecule has 1 rings (SSSR count). The fourth-order valence-corrected chi connectivity index (χ4v) is 1.51. The van der Waals surface area contributed by atoms with E-state index in [1.165, 1.54) is 0 Å². The Labute approximate surface area is 102 Å². The number of aryl methyl sites for hydroxylation is 1. The van der Waals surface area contributed by atoms with Gasteiger partial charge in [0.2, 0.25) is 0 Å². The van der Waals surface area contributed by atoms with Crippen molar-refractivity contribution in [3.05, 3.63) is 18.2 Å². The molecule has 1 aromatic heterocycles. The van der Waals surface area contributed by atoms with Gasteiger partial charge in [-0.2, -0.15) is 0 Å². The number of methoxy groups -OCH3 is 1. The largest absolute Gasteiger partial charge is 0.382 e. The molecule has 0 fully saturated rings. The van der Waals surface area contributed by atoms with Gasteiger partial charge in [0, 0.05) is 26.0 Å². The number of Topliss-reactive ketones (excluding diaryl/α,β-unsaturated/α-hetero) is 1. The third kappa shape index (κ3) is 5.10. The predicted molar refractivity (Wildman–Crippen MR) is 63.9 cm³/mol. The summed E-state index contributed by atoms with van der Waals surface area (Å²) >= 11 is 0. The number of ketones is 1. The highest BCUT2D eigenvalue weighted by Gasteiger charge is 2.08. The molecule has 96 valence electrons. The Bertz CT molecular complexity index is 336. The maximum atomic E-state index is 11.6. The fourth-order valence-electron chi connectivity index (χ4n) is 1.51. The number of rotatable bonds is 9. The Kier molecular flexibility index (Phi) is 6.50. The van der Waals surface area contributed by atoms with Crippen LogP contribution < -0.4 is 0 Å². The van der Waals surface area contributed by atoms with E-state index in [1.807, 2.05) is 10.8 Å². The second-order valence-electron chi connectivity index (χ2n) is 3.80. The summed E-state index contributed by atoms with van der Waals surface area (Å²) in [7, 11) is 1.60. The highest BCUT2D eigenvalue weighted by molar-refractivity contribution is 5.81. The molecule has 0 saturated heterocycles. The van der Waals surface area contributed by atoms with Crippen LogP contribution in [0.4, 0.5) is 0 Å². The van der Waals surface area contributed by atoms with Gasteiger partial charge in [0.05, 0.1) is 19.6 Å². The number of ether oxygens (including phenoxy) is 2. The van der Waals surface area contributed by atoms with Gasteiger partial charge in [-0.25, -0.2) is 4.98 Å². The summed E-state index contributed by atoms with van der Waals surface area (Å²) in [6, 6.07) is 0. The van der Waals surface area contributed by atoms with Crippen molar-refractivity contribution in [2.45, 2.75) is 26.3 Å². The molecule has 0 saturated carbocycles. The van der Waals surface area contributed by atoms with Crippen LogP contribution in [-0.2, 0) is 27.2 Å². The number of imidazole rings is 1. The third-order valence-corrected chi connectivity index (χ3v) is 2.32. The molecule has 5 nitrogen and oxygen atoms in total. The van der Waals surface area contributed by atoms with Gasteiger partial charge < -0.3 is 14.0 Å². The van der Waals surface area contributed by atoms with Crippen molar-refractivity contribution in [1.82, 2.24) is 9.55 Å². The van der Waals surface area contributed by atoms with Crippen molar-refractivity contribution in [3.8, 4) is 0 Å². The van der Waals surface area contributed by atoms with Gasteiger partial charge in [-0.05, 0) is 6.42 Å². The molecule has 0 unspecified atom stereocenters. The van der Waals surface area contributed by atoms with Crippen molar-refractivity contribution < 1.29 is 14.3 Å². The van der Waals surface area contributed by atoms with E-state index in [4.69, 9.17) is 9.47 Å². The summed E-state index contributed by atoms with van der Waals surface area (Å²) in [4.78, 5) is 15.8. The summed E-state index contributed by atoms with van der Waals surface area (Å²) in [6.07, 6.45) is 4.99. The molecule has 5 heteroatoms. The number of carbonyl (C=O) groups excluding carboxylic acids is 1. The van der Waals surface area contributed by atoms with Gasteiger partial charge in [0.25, 0.3) is 0 Å². The zero-order valence-corrected chi connectivity index (χ0v) is 10.5. The quantitative estimate of drug-likeness (QED) is 0.606. The Morgan fingerprint density at radius 2 is 2.29 bits per heavy atom. The second kappa shape index (κ2) is 7.97. The zero-order chi connectivity index (χ0) is 12.5. The van der Waals surface area contributed by atoms with E-state index < -0.39 is 0 Å². The molecule has 1 heterocycles. The van der Waals surface area contributed by atoms with Crippen LogP contribution in [0, 0.1) is 0 Å². The maximum absolute atomic E-state index is 11.6. The molecule has 0 aliphatic carbocycles. The van der Waals surface area contributed by atoms with Crippen LogP contribution in [0.3, 0.4) is 0 Å². The van der Waals surface area contributed by atoms with Crippen LogP contribution in [0.2, 0.25) is 0 Å². The zero-order valence-electron chi connectivity index (χ0n) is 10.5. The van der Waals surface area contributed by atoms with Crippen LogP contribution in [0.15, 0.2) is 12.4 Å². The molecule has 0 spiro atoms. The van der Waals surface area contributed by atoms with Crippen LogP contribution in [0.1, 0.15) is 19.2 Å². The van der Waals surface area contributed by atoms with Gasteiger partial charge in [-0.3, -0.25) is 4.79 Å². The molecule has 0 amide bonds. The van der Waals surface area contributed by atoms with E-state index in [0.29, 0.717) is 19.6 Å². The van der Waals surface area contributed by atoms with Crippen molar-refractivity contribution in [2.24, 2.45) is 0 Å². The summed E-state index contributed by atoms with van der Waals surface area (Å²) in [5.41, 5.74) is 0. The molecular formula is C12H20N2O3. The molecule has 0 aliphatic heterocycles. The van der Waals surface area contributed by atoms with Gasteiger partial charge >= 0.3 is 0 Å². The third-order valence-electron chi connectivity index (χ3n) is 2.32. The van der Waals surface area contributed by atoms with Crippen LogP contribution >= 0.6 is 0 Å². The molecule has 0 aromatic carbocycles. The number of carbonyl (C=O) groups is 1. The van der Waals surface area contributed by atoms with Crippen LogP contribution in [-0.4, -0.2) is 42.3 Å².